The third kappa shape index (κ3) is 1.14. The Bertz CT molecular complexity index is 48.0. The fraction of sp³-hybridized carbons (Fsp3) is 0.800. The van der Waals surface area contributed by atoms with Crippen molar-refractivity contribution in [3.63, 3.8) is 0 Å². The van der Waals surface area contributed by atoms with Gasteiger partial charge in [0.2, 0.25) is 0 Å². The second kappa shape index (κ2) is 2.28. The Labute approximate surface area is 44.5 Å². The minimum atomic E-state index is 0.938. The van der Waals surface area contributed by atoms with E-state index in [0.29, 0.717) is 0 Å². The summed E-state index contributed by atoms with van der Waals surface area (Å²) in [5.41, 5.74) is 0. The molecular formula is C5H11N2. The molecule has 41 valence electrons. The largest absolute Gasteiger partial charge is 0.303 e. The highest BCUT2D eigenvalue weighted by Gasteiger charge is 2.05. The van der Waals surface area contributed by atoms with Crippen LogP contribution in [0.15, 0.2) is 0 Å². The molecule has 0 aromatic heterocycles. The van der Waals surface area contributed by atoms with Crippen LogP contribution in [0.3, 0.4) is 0 Å². The number of nitrogens with one attached hydrogen (secondary N) is 1. The van der Waals surface area contributed by atoms with Gasteiger partial charge in [-0.05, 0) is 13.5 Å². The molecule has 0 atom stereocenters. The van der Waals surface area contributed by atoms with Crippen LogP contribution in [-0.2, 0) is 0 Å². The van der Waals surface area contributed by atoms with Crippen LogP contribution < -0.4 is 5.32 Å². The van der Waals surface area contributed by atoms with Crippen molar-refractivity contribution in [1.82, 2.24) is 10.2 Å². The van der Waals surface area contributed by atoms with E-state index in [1.165, 1.54) is 6.54 Å². The summed E-state index contributed by atoms with van der Waals surface area (Å²) in [6.07, 6.45) is 0. The molecule has 1 rings (SSSR count). The van der Waals surface area contributed by atoms with Crippen LogP contribution in [-0.4, -0.2) is 31.2 Å². The number of rotatable bonds is 1. The molecule has 0 saturated carbocycles. The van der Waals surface area contributed by atoms with E-state index < -0.39 is 0 Å². The molecule has 0 bridgehead atoms. The smallest absolute Gasteiger partial charge is 0.0481 e. The summed E-state index contributed by atoms with van der Waals surface area (Å²) in [5, 5.41) is 3.21. The second-order valence-electron chi connectivity index (χ2n) is 1.78. The Kier molecular flexibility index (Phi) is 1.65. The summed E-state index contributed by atoms with van der Waals surface area (Å²) >= 11 is 0. The van der Waals surface area contributed by atoms with Crippen LogP contribution in [0.5, 0.6) is 0 Å². The van der Waals surface area contributed by atoms with Gasteiger partial charge in [-0.15, -0.1) is 0 Å². The molecule has 0 spiro atoms. The van der Waals surface area contributed by atoms with Crippen LogP contribution in [0.25, 0.3) is 0 Å². The average molecular weight is 99.2 g/mol. The number of hydrogen-bond donors (Lipinski definition) is 1. The van der Waals surface area contributed by atoms with Gasteiger partial charge in [0.15, 0.2) is 0 Å². The zero-order valence-electron chi connectivity index (χ0n) is 4.48. The third-order valence-electron chi connectivity index (χ3n) is 1.26. The van der Waals surface area contributed by atoms with Crippen LogP contribution in [0.2, 0.25) is 0 Å². The van der Waals surface area contributed by atoms with Crippen molar-refractivity contribution in [3.8, 4) is 0 Å². The monoisotopic (exact) mass is 99.1 g/mol. The van der Waals surface area contributed by atoms with Crippen molar-refractivity contribution < 1.29 is 0 Å². The van der Waals surface area contributed by atoms with E-state index in [1.54, 1.807) is 0 Å². The molecule has 0 aliphatic carbocycles. The molecule has 0 unspecified atom stereocenters. The van der Waals surface area contributed by atoms with Crippen molar-refractivity contribution in [2.75, 3.05) is 26.3 Å². The Morgan fingerprint density at radius 3 is 2.86 bits per heavy atom. The minimum absolute atomic E-state index is 0.938. The van der Waals surface area contributed by atoms with E-state index in [0.717, 1.165) is 19.8 Å². The Morgan fingerprint density at radius 2 is 2.57 bits per heavy atom. The van der Waals surface area contributed by atoms with Crippen molar-refractivity contribution in [2.45, 2.75) is 0 Å². The molecule has 1 fully saturated rings. The first-order chi connectivity index (χ1) is 3.43. The van der Waals surface area contributed by atoms with Crippen molar-refractivity contribution in [2.24, 2.45) is 0 Å². The molecule has 7 heavy (non-hydrogen) atoms. The van der Waals surface area contributed by atoms with E-state index >= 15 is 0 Å². The molecule has 1 heterocycles. The molecule has 1 aliphatic heterocycles. The van der Waals surface area contributed by atoms with E-state index in [9.17, 15) is 0 Å². The molecule has 0 aromatic carbocycles. The van der Waals surface area contributed by atoms with Gasteiger partial charge in [0.1, 0.15) is 0 Å². The Balaban J connectivity index is 2.14. The van der Waals surface area contributed by atoms with E-state index in [4.69, 9.17) is 0 Å². The van der Waals surface area contributed by atoms with Gasteiger partial charge < -0.3 is 5.32 Å². The Morgan fingerprint density at radius 1 is 1.71 bits per heavy atom. The van der Waals surface area contributed by atoms with Crippen LogP contribution >= 0.6 is 0 Å². The quantitative estimate of drug-likeness (QED) is 0.485. The van der Waals surface area contributed by atoms with E-state index in [-0.39, 0.29) is 0 Å². The first-order valence-electron chi connectivity index (χ1n) is 2.66. The van der Waals surface area contributed by atoms with E-state index in [2.05, 4.69) is 17.1 Å². The van der Waals surface area contributed by atoms with Crippen molar-refractivity contribution in [1.29, 1.82) is 0 Å². The maximum Gasteiger partial charge on any atom is 0.0481 e. The molecule has 0 amide bonds. The van der Waals surface area contributed by atoms with Crippen LogP contribution in [0, 0.1) is 6.92 Å². The lowest BCUT2D eigenvalue weighted by Crippen LogP contribution is -2.21. The average Bonchev–Trinajstić information content (AvgIpc) is 2.14. The molecule has 2 heteroatoms. The maximum atomic E-state index is 3.75. The highest BCUT2D eigenvalue weighted by molar-refractivity contribution is 4.65. The molecule has 1 saturated heterocycles. The summed E-state index contributed by atoms with van der Waals surface area (Å²) in [5.74, 6) is 0. The molecule has 1 aliphatic rings. The molecule has 1 N–H and O–H groups in total. The van der Waals surface area contributed by atoms with Crippen molar-refractivity contribution >= 4 is 0 Å². The highest BCUT2D eigenvalue weighted by Crippen LogP contribution is 1.87. The molecule has 2 nitrogen and oxygen atoms in total. The predicted molar refractivity (Wildman–Crippen MR) is 29.8 cm³/mol. The maximum absolute atomic E-state index is 3.75. The zero-order valence-corrected chi connectivity index (χ0v) is 4.48. The lowest BCUT2D eigenvalue weighted by atomic mass is 10.6. The van der Waals surface area contributed by atoms with Gasteiger partial charge in [0.25, 0.3) is 0 Å². The fourth-order valence-electron chi connectivity index (χ4n) is 0.744. The van der Waals surface area contributed by atoms with Gasteiger partial charge in [-0.3, -0.25) is 4.90 Å². The standard InChI is InChI=1S/C5H11N2/c1-2-7-4-3-6-5-7/h6H,1-5H2. The second-order valence-corrected chi connectivity index (χ2v) is 1.78. The predicted octanol–water partition coefficient (Wildman–Crippen LogP) is -0.317. The topological polar surface area (TPSA) is 15.3 Å². The fourth-order valence-corrected chi connectivity index (χ4v) is 0.744. The first kappa shape index (κ1) is 5.06. The molecule has 0 aromatic rings. The lowest BCUT2D eigenvalue weighted by Gasteiger charge is -2.07. The lowest BCUT2D eigenvalue weighted by molar-refractivity contribution is 0.371. The number of hydrogen-bond acceptors (Lipinski definition) is 2. The summed E-state index contributed by atoms with van der Waals surface area (Å²) in [6, 6.07) is 0. The number of nitrogens with zero attached hydrogens (tertiary/aromatic N) is 1. The van der Waals surface area contributed by atoms with Crippen molar-refractivity contribution in [3.05, 3.63) is 6.92 Å². The van der Waals surface area contributed by atoms with E-state index in [1.807, 2.05) is 0 Å². The van der Waals surface area contributed by atoms with Gasteiger partial charge in [-0.2, -0.15) is 0 Å². The van der Waals surface area contributed by atoms with Crippen LogP contribution in [0.1, 0.15) is 0 Å². The zero-order chi connectivity index (χ0) is 5.11. The normalized spacial score (nSPS) is 23.6. The summed E-state index contributed by atoms with van der Waals surface area (Å²) in [6.45, 7) is 8.03. The molecule has 1 radical (unpaired) electrons. The van der Waals surface area contributed by atoms with Gasteiger partial charge in [0, 0.05) is 19.8 Å². The van der Waals surface area contributed by atoms with Gasteiger partial charge >= 0.3 is 0 Å². The minimum Gasteiger partial charge on any atom is -0.303 e. The Hall–Kier alpha value is -0.0800. The van der Waals surface area contributed by atoms with Gasteiger partial charge in [-0.1, -0.05) is 0 Å². The summed E-state index contributed by atoms with van der Waals surface area (Å²) in [7, 11) is 0. The van der Waals surface area contributed by atoms with Gasteiger partial charge in [-0.25, -0.2) is 0 Å². The highest BCUT2D eigenvalue weighted by atomic mass is 15.3. The summed E-state index contributed by atoms with van der Waals surface area (Å²) < 4.78 is 0. The SMILES string of the molecule is [CH2]CN1CCNC1. The third-order valence-corrected chi connectivity index (χ3v) is 1.26. The van der Waals surface area contributed by atoms with Crippen LogP contribution in [0.4, 0.5) is 0 Å². The summed E-state index contributed by atoms with van der Waals surface area (Å²) in [4.78, 5) is 2.26. The first-order valence-corrected chi connectivity index (χ1v) is 2.66. The van der Waals surface area contributed by atoms with Gasteiger partial charge in [0.05, 0.1) is 0 Å². The molecular weight excluding hydrogens is 88.1 g/mol.